The van der Waals surface area contributed by atoms with E-state index in [0.717, 1.165) is 16.7 Å². The van der Waals surface area contributed by atoms with E-state index in [4.69, 9.17) is 0 Å². The molecule has 3 rings (SSSR count). The highest BCUT2D eigenvalue weighted by Crippen LogP contribution is 2.33. The van der Waals surface area contributed by atoms with E-state index < -0.39 is 6.10 Å². The van der Waals surface area contributed by atoms with Gasteiger partial charge in [-0.15, -0.1) is 11.3 Å². The van der Waals surface area contributed by atoms with Crippen molar-refractivity contribution >= 4 is 11.3 Å². The maximum absolute atomic E-state index is 10.6. The maximum atomic E-state index is 10.6. The fourth-order valence-corrected chi connectivity index (χ4v) is 2.98. The van der Waals surface area contributed by atoms with Gasteiger partial charge in [-0.3, -0.25) is 0 Å². The van der Waals surface area contributed by atoms with Gasteiger partial charge in [-0.05, 0) is 28.1 Å². The predicted octanol–water partition coefficient (Wildman–Crippen LogP) is 4.50. The highest BCUT2D eigenvalue weighted by atomic mass is 32.1. The third kappa shape index (κ3) is 2.46. The number of rotatable bonds is 3. The van der Waals surface area contributed by atoms with Crippen LogP contribution < -0.4 is 0 Å². The molecule has 2 aromatic carbocycles. The van der Waals surface area contributed by atoms with Gasteiger partial charge in [-0.2, -0.15) is 0 Å². The van der Waals surface area contributed by atoms with E-state index in [1.807, 2.05) is 54.6 Å². The highest BCUT2D eigenvalue weighted by Gasteiger charge is 2.15. The van der Waals surface area contributed by atoms with Crippen LogP contribution in [0.4, 0.5) is 0 Å². The SMILES string of the molecule is OC(c1ccccc1)c1ccccc1-c1cccs1. The lowest BCUT2D eigenvalue weighted by Gasteiger charge is -2.15. The molecule has 1 aromatic heterocycles. The number of aliphatic hydroxyl groups is 1. The number of hydrogen-bond acceptors (Lipinski definition) is 2. The molecule has 0 saturated carbocycles. The number of benzene rings is 2. The van der Waals surface area contributed by atoms with E-state index in [2.05, 4.69) is 17.5 Å². The molecular weight excluding hydrogens is 252 g/mol. The van der Waals surface area contributed by atoms with Crippen molar-refractivity contribution in [2.75, 3.05) is 0 Å². The van der Waals surface area contributed by atoms with Gasteiger partial charge >= 0.3 is 0 Å². The fourth-order valence-electron chi connectivity index (χ4n) is 2.21. The summed E-state index contributed by atoms with van der Waals surface area (Å²) in [7, 11) is 0. The van der Waals surface area contributed by atoms with Gasteiger partial charge in [-0.25, -0.2) is 0 Å². The van der Waals surface area contributed by atoms with Crippen LogP contribution in [-0.4, -0.2) is 5.11 Å². The summed E-state index contributed by atoms with van der Waals surface area (Å²) >= 11 is 1.69. The molecule has 0 radical (unpaired) electrons. The maximum Gasteiger partial charge on any atom is 0.105 e. The number of hydrogen-bond donors (Lipinski definition) is 1. The first-order chi connectivity index (χ1) is 9.36. The van der Waals surface area contributed by atoms with Crippen LogP contribution in [0.15, 0.2) is 72.1 Å². The lowest BCUT2D eigenvalue weighted by molar-refractivity contribution is 0.221. The van der Waals surface area contributed by atoms with Gasteiger partial charge in [0.1, 0.15) is 6.10 Å². The molecule has 0 spiro atoms. The van der Waals surface area contributed by atoms with E-state index in [-0.39, 0.29) is 0 Å². The molecule has 0 saturated heterocycles. The summed E-state index contributed by atoms with van der Waals surface area (Å²) in [5.74, 6) is 0. The molecule has 0 aliphatic rings. The first-order valence-corrected chi connectivity index (χ1v) is 7.10. The molecular formula is C17H14OS. The first-order valence-electron chi connectivity index (χ1n) is 6.22. The van der Waals surface area contributed by atoms with Gasteiger partial charge in [-0.1, -0.05) is 60.7 Å². The second kappa shape index (κ2) is 5.39. The fraction of sp³-hybridized carbons (Fsp3) is 0.0588. The lowest BCUT2D eigenvalue weighted by atomic mass is 9.96. The van der Waals surface area contributed by atoms with Crippen LogP contribution >= 0.6 is 11.3 Å². The minimum Gasteiger partial charge on any atom is -0.384 e. The van der Waals surface area contributed by atoms with Crippen LogP contribution in [0.5, 0.6) is 0 Å². The molecule has 0 fully saturated rings. The zero-order valence-electron chi connectivity index (χ0n) is 10.4. The average Bonchev–Trinajstić information content (AvgIpc) is 3.01. The van der Waals surface area contributed by atoms with Crippen LogP contribution in [0, 0.1) is 0 Å². The monoisotopic (exact) mass is 266 g/mol. The largest absolute Gasteiger partial charge is 0.384 e. The second-order valence-corrected chi connectivity index (χ2v) is 5.33. The van der Waals surface area contributed by atoms with Gasteiger partial charge < -0.3 is 5.11 Å². The second-order valence-electron chi connectivity index (χ2n) is 4.38. The van der Waals surface area contributed by atoms with Crippen molar-refractivity contribution in [3.05, 3.63) is 83.2 Å². The van der Waals surface area contributed by atoms with Crippen LogP contribution in [0.25, 0.3) is 10.4 Å². The van der Waals surface area contributed by atoms with Crippen LogP contribution in [0.3, 0.4) is 0 Å². The van der Waals surface area contributed by atoms with Gasteiger partial charge in [0.2, 0.25) is 0 Å². The van der Waals surface area contributed by atoms with Crippen molar-refractivity contribution in [1.29, 1.82) is 0 Å². The van der Waals surface area contributed by atoms with E-state index in [0.29, 0.717) is 0 Å². The molecule has 1 atom stereocenters. The molecule has 19 heavy (non-hydrogen) atoms. The van der Waals surface area contributed by atoms with E-state index in [9.17, 15) is 5.11 Å². The van der Waals surface area contributed by atoms with Crippen molar-refractivity contribution < 1.29 is 5.11 Å². The van der Waals surface area contributed by atoms with Crippen molar-refractivity contribution in [2.45, 2.75) is 6.10 Å². The summed E-state index contributed by atoms with van der Waals surface area (Å²) in [6.45, 7) is 0. The molecule has 1 nitrogen and oxygen atoms in total. The molecule has 2 heteroatoms. The molecule has 1 heterocycles. The Balaban J connectivity index is 2.06. The quantitative estimate of drug-likeness (QED) is 0.740. The first kappa shape index (κ1) is 12.2. The van der Waals surface area contributed by atoms with Gasteiger partial charge in [0.05, 0.1) is 0 Å². The number of thiophene rings is 1. The van der Waals surface area contributed by atoms with E-state index in [1.165, 1.54) is 4.88 Å². The summed E-state index contributed by atoms with van der Waals surface area (Å²) in [4.78, 5) is 1.19. The Morgan fingerprint density at radius 3 is 2.26 bits per heavy atom. The van der Waals surface area contributed by atoms with Crippen LogP contribution in [0.2, 0.25) is 0 Å². The van der Waals surface area contributed by atoms with Crippen molar-refractivity contribution in [2.24, 2.45) is 0 Å². The summed E-state index contributed by atoms with van der Waals surface area (Å²) in [6.07, 6.45) is -0.584. The summed E-state index contributed by atoms with van der Waals surface area (Å²) in [6, 6.07) is 21.9. The third-order valence-corrected chi connectivity index (χ3v) is 4.06. The van der Waals surface area contributed by atoms with Gasteiger partial charge in [0, 0.05) is 4.88 Å². The standard InChI is InChI=1S/C17H14OS/c18-17(13-7-2-1-3-8-13)15-10-5-4-9-14(15)16-11-6-12-19-16/h1-12,17-18H. The Labute approximate surface area is 116 Å². The van der Waals surface area contributed by atoms with Gasteiger partial charge in [0.25, 0.3) is 0 Å². The van der Waals surface area contributed by atoms with Crippen molar-refractivity contribution in [3.8, 4) is 10.4 Å². The van der Waals surface area contributed by atoms with Crippen LogP contribution in [-0.2, 0) is 0 Å². The molecule has 0 aliphatic carbocycles. The highest BCUT2D eigenvalue weighted by molar-refractivity contribution is 7.13. The lowest BCUT2D eigenvalue weighted by Crippen LogP contribution is -2.01. The topological polar surface area (TPSA) is 20.2 Å². The molecule has 1 N–H and O–H groups in total. The van der Waals surface area contributed by atoms with Crippen molar-refractivity contribution in [3.63, 3.8) is 0 Å². The Morgan fingerprint density at radius 1 is 0.789 bits per heavy atom. The Bertz CT molecular complexity index is 644. The average molecular weight is 266 g/mol. The predicted molar refractivity (Wildman–Crippen MR) is 80.3 cm³/mol. The third-order valence-electron chi connectivity index (χ3n) is 3.16. The molecule has 0 amide bonds. The molecule has 1 unspecified atom stereocenters. The summed E-state index contributed by atoms with van der Waals surface area (Å²) < 4.78 is 0. The van der Waals surface area contributed by atoms with E-state index >= 15 is 0 Å². The summed E-state index contributed by atoms with van der Waals surface area (Å²) in [5.41, 5.74) is 2.98. The smallest absolute Gasteiger partial charge is 0.105 e. The molecule has 0 bridgehead atoms. The Kier molecular flexibility index (Phi) is 3.45. The van der Waals surface area contributed by atoms with Gasteiger partial charge in [0.15, 0.2) is 0 Å². The minimum atomic E-state index is -0.584. The summed E-state index contributed by atoms with van der Waals surface area (Å²) in [5, 5.41) is 12.6. The molecule has 94 valence electrons. The zero-order chi connectivity index (χ0) is 13.1. The van der Waals surface area contributed by atoms with Crippen molar-refractivity contribution in [1.82, 2.24) is 0 Å². The Morgan fingerprint density at radius 2 is 1.53 bits per heavy atom. The van der Waals surface area contributed by atoms with Crippen LogP contribution in [0.1, 0.15) is 17.2 Å². The molecule has 3 aromatic rings. The zero-order valence-corrected chi connectivity index (χ0v) is 11.2. The minimum absolute atomic E-state index is 0.584. The normalized spacial score (nSPS) is 12.3. The Hall–Kier alpha value is -1.90. The number of aliphatic hydroxyl groups excluding tert-OH is 1. The molecule has 0 aliphatic heterocycles. The van der Waals surface area contributed by atoms with E-state index in [1.54, 1.807) is 11.3 Å².